The zero-order chi connectivity index (χ0) is 9.26. The summed E-state index contributed by atoms with van der Waals surface area (Å²) in [5.74, 6) is 1.39. The summed E-state index contributed by atoms with van der Waals surface area (Å²) in [6.07, 6.45) is 0.544. The van der Waals surface area contributed by atoms with Crippen LogP contribution in [0.4, 0.5) is 5.69 Å². The molecule has 0 bridgehead atoms. The molecule has 4 heteroatoms. The van der Waals surface area contributed by atoms with Gasteiger partial charge >= 0.3 is 0 Å². The lowest BCUT2D eigenvalue weighted by Gasteiger charge is -2.04. The molecule has 4 nitrogen and oxygen atoms in total. The van der Waals surface area contributed by atoms with Gasteiger partial charge in [-0.2, -0.15) is 0 Å². The quantitative estimate of drug-likeness (QED) is 0.653. The summed E-state index contributed by atoms with van der Waals surface area (Å²) in [5.41, 5.74) is 7.27. The number of nitrogen functional groups attached to an aromatic ring is 1. The van der Waals surface area contributed by atoms with Crippen molar-refractivity contribution < 1.29 is 14.6 Å². The Morgan fingerprint density at radius 1 is 1.31 bits per heavy atom. The Morgan fingerprint density at radius 3 is 2.69 bits per heavy atom. The van der Waals surface area contributed by atoms with E-state index in [9.17, 15) is 0 Å². The maximum Gasteiger partial charge on any atom is 0.231 e. The number of benzene rings is 1. The molecule has 0 atom stereocenters. The van der Waals surface area contributed by atoms with Crippen LogP contribution in [0.2, 0.25) is 0 Å². The molecule has 0 radical (unpaired) electrons. The van der Waals surface area contributed by atoms with Crippen molar-refractivity contribution in [1.29, 1.82) is 0 Å². The first kappa shape index (κ1) is 8.19. The van der Waals surface area contributed by atoms with Crippen molar-refractivity contribution >= 4 is 5.69 Å². The molecule has 70 valence electrons. The molecule has 1 aliphatic heterocycles. The van der Waals surface area contributed by atoms with Gasteiger partial charge in [-0.1, -0.05) is 0 Å². The average Bonchev–Trinajstić information content (AvgIpc) is 2.52. The highest BCUT2D eigenvalue weighted by Gasteiger charge is 2.15. The van der Waals surface area contributed by atoms with E-state index >= 15 is 0 Å². The van der Waals surface area contributed by atoms with E-state index in [2.05, 4.69) is 0 Å². The van der Waals surface area contributed by atoms with Gasteiger partial charge in [0.05, 0.1) is 0 Å². The first-order chi connectivity index (χ1) is 6.31. The second-order valence-electron chi connectivity index (χ2n) is 2.88. The Hall–Kier alpha value is -1.42. The number of aliphatic hydroxyl groups excluding tert-OH is 1. The molecular weight excluding hydrogens is 170 g/mol. The molecule has 2 rings (SSSR count). The zero-order valence-corrected chi connectivity index (χ0v) is 7.12. The summed E-state index contributed by atoms with van der Waals surface area (Å²) in [6, 6.07) is 3.54. The first-order valence-corrected chi connectivity index (χ1v) is 4.10. The Labute approximate surface area is 75.9 Å². The van der Waals surface area contributed by atoms with Gasteiger partial charge in [-0.05, 0) is 18.1 Å². The van der Waals surface area contributed by atoms with Crippen molar-refractivity contribution in [3.63, 3.8) is 0 Å². The maximum atomic E-state index is 8.77. The zero-order valence-electron chi connectivity index (χ0n) is 7.12. The molecule has 13 heavy (non-hydrogen) atoms. The van der Waals surface area contributed by atoms with Gasteiger partial charge in [0.25, 0.3) is 0 Å². The van der Waals surface area contributed by atoms with E-state index in [1.165, 1.54) is 0 Å². The molecular formula is C9H11NO3. The number of anilines is 1. The van der Waals surface area contributed by atoms with Gasteiger partial charge in [0.1, 0.15) is 0 Å². The van der Waals surface area contributed by atoms with Gasteiger partial charge in [-0.3, -0.25) is 0 Å². The molecule has 3 N–H and O–H groups in total. The fraction of sp³-hybridized carbons (Fsp3) is 0.333. The second-order valence-corrected chi connectivity index (χ2v) is 2.88. The molecule has 1 aliphatic rings. The van der Waals surface area contributed by atoms with Crippen LogP contribution in [0.25, 0.3) is 0 Å². The van der Waals surface area contributed by atoms with Crippen LogP contribution in [-0.2, 0) is 6.42 Å². The van der Waals surface area contributed by atoms with Gasteiger partial charge in [-0.25, -0.2) is 0 Å². The standard InChI is InChI=1S/C9H11NO3/c10-7-4-9-8(12-5-13-9)3-6(7)1-2-11/h3-4,11H,1-2,5,10H2. The molecule has 0 aliphatic carbocycles. The minimum absolute atomic E-state index is 0.0871. The lowest BCUT2D eigenvalue weighted by molar-refractivity contribution is 0.174. The van der Waals surface area contributed by atoms with Crippen LogP contribution in [0.1, 0.15) is 5.56 Å². The van der Waals surface area contributed by atoms with Crippen LogP contribution in [0.5, 0.6) is 11.5 Å². The Balaban J connectivity index is 2.37. The molecule has 0 unspecified atom stereocenters. The predicted molar refractivity (Wildman–Crippen MR) is 47.8 cm³/mol. The van der Waals surface area contributed by atoms with E-state index in [1.807, 2.05) is 6.07 Å². The number of nitrogens with two attached hydrogens (primary N) is 1. The van der Waals surface area contributed by atoms with Crippen LogP contribution in [0.15, 0.2) is 12.1 Å². The highest BCUT2D eigenvalue weighted by Crippen LogP contribution is 2.35. The van der Waals surface area contributed by atoms with Crippen molar-refractivity contribution in [3.05, 3.63) is 17.7 Å². The molecule has 0 spiro atoms. The normalized spacial score (nSPS) is 13.3. The van der Waals surface area contributed by atoms with Crippen LogP contribution >= 0.6 is 0 Å². The molecule has 1 aromatic rings. The van der Waals surface area contributed by atoms with Crippen LogP contribution in [-0.4, -0.2) is 18.5 Å². The highest BCUT2D eigenvalue weighted by molar-refractivity contribution is 5.58. The monoisotopic (exact) mass is 181 g/mol. The van der Waals surface area contributed by atoms with Crippen molar-refractivity contribution in [3.8, 4) is 11.5 Å². The SMILES string of the molecule is Nc1cc2c(cc1CCO)OCO2. The lowest BCUT2D eigenvalue weighted by atomic mass is 10.1. The van der Waals surface area contributed by atoms with Gasteiger partial charge in [-0.15, -0.1) is 0 Å². The fourth-order valence-corrected chi connectivity index (χ4v) is 1.34. The van der Waals surface area contributed by atoms with Crippen LogP contribution in [0, 0.1) is 0 Å². The summed E-state index contributed by atoms with van der Waals surface area (Å²) in [4.78, 5) is 0. The Kier molecular flexibility index (Phi) is 1.98. The largest absolute Gasteiger partial charge is 0.454 e. The van der Waals surface area contributed by atoms with Crippen molar-refractivity contribution in [2.75, 3.05) is 19.1 Å². The van der Waals surface area contributed by atoms with E-state index in [0.717, 1.165) is 5.56 Å². The summed E-state index contributed by atoms with van der Waals surface area (Å²) in [6.45, 7) is 0.335. The fourth-order valence-electron chi connectivity index (χ4n) is 1.34. The summed E-state index contributed by atoms with van der Waals surface area (Å²) < 4.78 is 10.3. The number of hydrogen-bond donors (Lipinski definition) is 2. The lowest BCUT2D eigenvalue weighted by Crippen LogP contribution is -1.97. The average molecular weight is 181 g/mol. The number of aliphatic hydroxyl groups is 1. The molecule has 1 heterocycles. The highest BCUT2D eigenvalue weighted by atomic mass is 16.7. The van der Waals surface area contributed by atoms with Crippen molar-refractivity contribution in [2.24, 2.45) is 0 Å². The number of fused-ring (bicyclic) bond motifs is 1. The van der Waals surface area contributed by atoms with E-state index < -0.39 is 0 Å². The molecule has 0 aromatic heterocycles. The van der Waals surface area contributed by atoms with Crippen molar-refractivity contribution in [1.82, 2.24) is 0 Å². The number of rotatable bonds is 2. The third kappa shape index (κ3) is 1.40. The minimum atomic E-state index is 0.0871. The third-order valence-electron chi connectivity index (χ3n) is 2.02. The van der Waals surface area contributed by atoms with Crippen molar-refractivity contribution in [2.45, 2.75) is 6.42 Å². The Morgan fingerprint density at radius 2 is 2.00 bits per heavy atom. The van der Waals surface area contributed by atoms with E-state index in [-0.39, 0.29) is 13.4 Å². The number of hydrogen-bond acceptors (Lipinski definition) is 4. The van der Waals surface area contributed by atoms with Gasteiger partial charge < -0.3 is 20.3 Å². The summed E-state index contributed by atoms with van der Waals surface area (Å²) >= 11 is 0. The van der Waals surface area contributed by atoms with Gasteiger partial charge in [0.15, 0.2) is 11.5 Å². The molecule has 1 aromatic carbocycles. The first-order valence-electron chi connectivity index (χ1n) is 4.10. The smallest absolute Gasteiger partial charge is 0.231 e. The van der Waals surface area contributed by atoms with E-state index in [0.29, 0.717) is 23.6 Å². The topological polar surface area (TPSA) is 64.7 Å². The number of ether oxygens (including phenoxy) is 2. The van der Waals surface area contributed by atoms with Gasteiger partial charge in [0, 0.05) is 18.4 Å². The third-order valence-corrected chi connectivity index (χ3v) is 2.02. The van der Waals surface area contributed by atoms with Gasteiger partial charge in [0.2, 0.25) is 6.79 Å². The molecule has 0 amide bonds. The Bertz CT molecular complexity index is 325. The summed E-state index contributed by atoms with van der Waals surface area (Å²) in [7, 11) is 0. The van der Waals surface area contributed by atoms with E-state index in [1.54, 1.807) is 6.07 Å². The van der Waals surface area contributed by atoms with Crippen LogP contribution in [0.3, 0.4) is 0 Å². The molecule has 0 fully saturated rings. The summed E-state index contributed by atoms with van der Waals surface area (Å²) in [5, 5.41) is 8.77. The van der Waals surface area contributed by atoms with Crippen LogP contribution < -0.4 is 15.2 Å². The minimum Gasteiger partial charge on any atom is -0.454 e. The maximum absolute atomic E-state index is 8.77. The van der Waals surface area contributed by atoms with E-state index in [4.69, 9.17) is 20.3 Å². The second kappa shape index (κ2) is 3.14. The predicted octanol–water partition coefficient (Wildman–Crippen LogP) is 0.532. The molecule has 0 saturated heterocycles. The molecule has 0 saturated carbocycles.